The van der Waals surface area contributed by atoms with Crippen molar-refractivity contribution in [3.05, 3.63) is 70.9 Å². The number of benzene rings is 2. The minimum atomic E-state index is -0.264. The van der Waals surface area contributed by atoms with Crippen LogP contribution in [0.5, 0.6) is 0 Å². The molecule has 0 N–H and O–H groups in total. The first-order valence-corrected chi connectivity index (χ1v) is 10.1. The molecule has 2 fully saturated rings. The maximum absolute atomic E-state index is 15.0. The van der Waals surface area contributed by atoms with Crippen molar-refractivity contribution < 1.29 is 4.39 Å². The van der Waals surface area contributed by atoms with E-state index >= 15 is 0 Å². The third-order valence-corrected chi connectivity index (χ3v) is 6.18. The van der Waals surface area contributed by atoms with Crippen LogP contribution in [0.1, 0.15) is 19.3 Å². The highest BCUT2D eigenvalue weighted by atomic mass is 19.1. The summed E-state index contributed by atoms with van der Waals surface area (Å²) >= 11 is 0. The van der Waals surface area contributed by atoms with Crippen LogP contribution in [0.25, 0.3) is 16.5 Å². The summed E-state index contributed by atoms with van der Waals surface area (Å²) in [7, 11) is 0. The maximum Gasteiger partial charge on any atom is 0.262 e. The normalized spacial score (nSPS) is 20.3. The molecule has 0 aliphatic carbocycles. The third-order valence-electron chi connectivity index (χ3n) is 6.18. The SMILES string of the molecule is O=c1c2ccccc2ccn1-c1ccc(N2CC[C@@H](N3CCCC3)C2)c(F)c1. The van der Waals surface area contributed by atoms with Gasteiger partial charge in [0.2, 0.25) is 0 Å². The third kappa shape index (κ3) is 3.00. The van der Waals surface area contributed by atoms with E-state index in [1.165, 1.54) is 36.6 Å². The monoisotopic (exact) mass is 377 g/mol. The molecular formula is C23H24FN3O. The second-order valence-corrected chi connectivity index (χ2v) is 7.85. The number of hydrogen-bond acceptors (Lipinski definition) is 3. The number of nitrogens with zero attached hydrogens (tertiary/aromatic N) is 3. The van der Waals surface area contributed by atoms with E-state index in [0.29, 0.717) is 22.8 Å². The molecule has 0 radical (unpaired) electrons. The molecule has 2 aromatic carbocycles. The van der Waals surface area contributed by atoms with Gasteiger partial charge in [0.15, 0.2) is 0 Å². The highest BCUT2D eigenvalue weighted by molar-refractivity contribution is 5.81. The van der Waals surface area contributed by atoms with E-state index in [1.807, 2.05) is 42.5 Å². The molecule has 144 valence electrons. The molecule has 5 heteroatoms. The predicted octanol–water partition coefficient (Wildman–Crippen LogP) is 3.80. The average Bonchev–Trinajstić information content (AvgIpc) is 3.40. The van der Waals surface area contributed by atoms with Gasteiger partial charge in [0.1, 0.15) is 5.82 Å². The van der Waals surface area contributed by atoms with Crippen LogP contribution in [0.15, 0.2) is 59.5 Å². The Morgan fingerprint density at radius 3 is 2.61 bits per heavy atom. The zero-order valence-corrected chi connectivity index (χ0v) is 15.9. The van der Waals surface area contributed by atoms with E-state index in [0.717, 1.165) is 24.9 Å². The molecule has 2 aliphatic rings. The van der Waals surface area contributed by atoms with Gasteiger partial charge in [-0.3, -0.25) is 14.3 Å². The van der Waals surface area contributed by atoms with Gasteiger partial charge in [-0.15, -0.1) is 0 Å². The second kappa shape index (κ2) is 7.06. The number of hydrogen-bond donors (Lipinski definition) is 0. The number of halogens is 1. The van der Waals surface area contributed by atoms with Gasteiger partial charge < -0.3 is 4.90 Å². The van der Waals surface area contributed by atoms with Crippen molar-refractivity contribution in [2.45, 2.75) is 25.3 Å². The van der Waals surface area contributed by atoms with Gasteiger partial charge in [-0.1, -0.05) is 18.2 Å². The Labute approximate surface area is 163 Å². The summed E-state index contributed by atoms with van der Waals surface area (Å²) in [5.74, 6) is -0.264. The van der Waals surface area contributed by atoms with E-state index in [4.69, 9.17) is 0 Å². The summed E-state index contributed by atoms with van der Waals surface area (Å²) < 4.78 is 16.5. The Morgan fingerprint density at radius 1 is 0.964 bits per heavy atom. The fourth-order valence-electron chi connectivity index (χ4n) is 4.66. The fraction of sp³-hybridized carbons (Fsp3) is 0.348. The van der Waals surface area contributed by atoms with Crippen LogP contribution in [0, 0.1) is 5.82 Å². The van der Waals surface area contributed by atoms with Gasteiger partial charge in [-0.2, -0.15) is 0 Å². The minimum absolute atomic E-state index is 0.125. The lowest BCUT2D eigenvalue weighted by Gasteiger charge is -2.25. The molecule has 3 heterocycles. The van der Waals surface area contributed by atoms with Crippen molar-refractivity contribution >= 4 is 16.5 Å². The number of fused-ring (bicyclic) bond motifs is 1. The molecule has 2 saturated heterocycles. The smallest absolute Gasteiger partial charge is 0.262 e. The van der Waals surface area contributed by atoms with Crippen molar-refractivity contribution in [2.75, 3.05) is 31.1 Å². The van der Waals surface area contributed by atoms with Crippen molar-refractivity contribution in [3.63, 3.8) is 0 Å². The Morgan fingerprint density at radius 2 is 1.79 bits per heavy atom. The zero-order valence-electron chi connectivity index (χ0n) is 15.9. The first-order chi connectivity index (χ1) is 13.7. The van der Waals surface area contributed by atoms with Crippen LogP contribution in [-0.2, 0) is 0 Å². The Balaban J connectivity index is 1.43. The van der Waals surface area contributed by atoms with Crippen LogP contribution >= 0.6 is 0 Å². The van der Waals surface area contributed by atoms with Crippen molar-refractivity contribution in [2.24, 2.45) is 0 Å². The van der Waals surface area contributed by atoms with Crippen molar-refractivity contribution in [1.29, 1.82) is 0 Å². The first kappa shape index (κ1) is 17.4. The van der Waals surface area contributed by atoms with Gasteiger partial charge in [0.25, 0.3) is 5.56 Å². The lowest BCUT2D eigenvalue weighted by Crippen LogP contribution is -2.35. The van der Waals surface area contributed by atoms with Gasteiger partial charge in [-0.05, 0) is 62.0 Å². The van der Waals surface area contributed by atoms with Gasteiger partial charge in [0, 0.05) is 36.8 Å². The van der Waals surface area contributed by atoms with Crippen LogP contribution in [0.4, 0.5) is 10.1 Å². The van der Waals surface area contributed by atoms with E-state index in [9.17, 15) is 9.18 Å². The number of pyridine rings is 1. The molecule has 1 aromatic heterocycles. The molecule has 1 atom stereocenters. The summed E-state index contributed by atoms with van der Waals surface area (Å²) in [5, 5.41) is 1.54. The van der Waals surface area contributed by atoms with Crippen molar-refractivity contribution in [3.8, 4) is 5.69 Å². The molecule has 0 saturated carbocycles. The summed E-state index contributed by atoms with van der Waals surface area (Å²) in [6.45, 7) is 4.11. The number of aromatic nitrogens is 1. The molecule has 0 spiro atoms. The minimum Gasteiger partial charge on any atom is -0.368 e. The van der Waals surface area contributed by atoms with Crippen LogP contribution < -0.4 is 10.5 Å². The summed E-state index contributed by atoms with van der Waals surface area (Å²) in [6, 6.07) is 15.0. The van der Waals surface area contributed by atoms with E-state index < -0.39 is 0 Å². The highest BCUT2D eigenvalue weighted by Gasteiger charge is 2.30. The highest BCUT2D eigenvalue weighted by Crippen LogP contribution is 2.28. The molecule has 0 unspecified atom stereocenters. The standard InChI is InChI=1S/C23H24FN3O/c24-21-15-18(27-14-9-17-5-1-2-6-20(17)23(27)28)7-8-22(21)26-13-10-19(16-26)25-11-3-4-12-25/h1-2,5-9,14-15,19H,3-4,10-13,16H2/t19-/m1/s1. The lowest BCUT2D eigenvalue weighted by molar-refractivity contribution is 0.260. The van der Waals surface area contributed by atoms with Gasteiger partial charge >= 0.3 is 0 Å². The van der Waals surface area contributed by atoms with Gasteiger partial charge in [-0.25, -0.2) is 4.39 Å². The van der Waals surface area contributed by atoms with Crippen molar-refractivity contribution in [1.82, 2.24) is 9.47 Å². The zero-order chi connectivity index (χ0) is 19.1. The number of rotatable bonds is 3. The predicted molar refractivity (Wildman–Crippen MR) is 111 cm³/mol. The first-order valence-electron chi connectivity index (χ1n) is 10.1. The second-order valence-electron chi connectivity index (χ2n) is 7.85. The van der Waals surface area contributed by atoms with Crippen LogP contribution in [0.2, 0.25) is 0 Å². The fourth-order valence-corrected chi connectivity index (χ4v) is 4.66. The molecule has 5 rings (SSSR count). The Kier molecular flexibility index (Phi) is 4.40. The van der Waals surface area contributed by atoms with E-state index in [1.54, 1.807) is 6.20 Å². The maximum atomic E-state index is 15.0. The Bertz CT molecular complexity index is 1070. The Hall–Kier alpha value is -2.66. The van der Waals surface area contributed by atoms with E-state index in [-0.39, 0.29) is 11.4 Å². The summed E-state index contributed by atoms with van der Waals surface area (Å²) in [6.07, 6.45) is 5.36. The molecule has 3 aromatic rings. The average molecular weight is 377 g/mol. The lowest BCUT2D eigenvalue weighted by atomic mass is 10.1. The molecule has 0 amide bonds. The number of likely N-dealkylation sites (tertiary alicyclic amines) is 1. The summed E-state index contributed by atoms with van der Waals surface area (Å²) in [5.41, 5.74) is 1.08. The molecule has 0 bridgehead atoms. The quantitative estimate of drug-likeness (QED) is 0.695. The summed E-state index contributed by atoms with van der Waals surface area (Å²) in [4.78, 5) is 17.5. The largest absolute Gasteiger partial charge is 0.368 e. The molecule has 28 heavy (non-hydrogen) atoms. The van der Waals surface area contributed by atoms with Crippen LogP contribution in [0.3, 0.4) is 0 Å². The van der Waals surface area contributed by atoms with Crippen LogP contribution in [-0.4, -0.2) is 41.7 Å². The molecule has 2 aliphatic heterocycles. The number of anilines is 1. The molecular weight excluding hydrogens is 353 g/mol. The van der Waals surface area contributed by atoms with Gasteiger partial charge in [0.05, 0.1) is 11.4 Å². The topological polar surface area (TPSA) is 28.5 Å². The van der Waals surface area contributed by atoms with E-state index in [2.05, 4.69) is 9.80 Å². The molecule has 4 nitrogen and oxygen atoms in total.